The van der Waals surface area contributed by atoms with Gasteiger partial charge in [0.1, 0.15) is 5.69 Å². The van der Waals surface area contributed by atoms with Crippen molar-refractivity contribution in [2.45, 2.75) is 46.3 Å². The fourth-order valence-electron chi connectivity index (χ4n) is 1.64. The van der Waals surface area contributed by atoms with Gasteiger partial charge in [-0.05, 0) is 27.7 Å². The first-order chi connectivity index (χ1) is 7.00. The Morgan fingerprint density at radius 2 is 1.80 bits per heavy atom. The lowest BCUT2D eigenvalue weighted by atomic mass is 10.3. The topological polar surface area (TPSA) is 51.0 Å². The van der Waals surface area contributed by atoms with E-state index in [-0.39, 0.29) is 18.0 Å². The van der Waals surface area contributed by atoms with Crippen molar-refractivity contribution in [1.29, 1.82) is 0 Å². The second-order valence-corrected chi connectivity index (χ2v) is 4.44. The Morgan fingerprint density at radius 1 is 1.13 bits per heavy atom. The summed E-state index contributed by atoms with van der Waals surface area (Å²) < 4.78 is 0. The zero-order chi connectivity index (χ0) is 11.2. The van der Waals surface area contributed by atoms with Gasteiger partial charge in [0.05, 0.1) is 12.6 Å². The third-order valence-corrected chi connectivity index (χ3v) is 2.57. The minimum absolute atomic E-state index is 0.00639. The third-order valence-electron chi connectivity index (χ3n) is 2.57. The zero-order valence-corrected chi connectivity index (χ0v) is 9.56. The summed E-state index contributed by atoms with van der Waals surface area (Å²) in [6.07, 6.45) is 0. The molecule has 0 aromatic carbocycles. The van der Waals surface area contributed by atoms with Gasteiger partial charge in [0.2, 0.25) is 0 Å². The van der Waals surface area contributed by atoms with E-state index in [1.807, 2.05) is 27.7 Å². The molecule has 0 saturated carbocycles. The van der Waals surface area contributed by atoms with Crippen molar-refractivity contribution in [2.75, 3.05) is 0 Å². The molecule has 5 heteroatoms. The summed E-state index contributed by atoms with van der Waals surface area (Å²) in [4.78, 5) is 15.3. The summed E-state index contributed by atoms with van der Waals surface area (Å²) in [5.74, 6) is 0.00639. The van der Waals surface area contributed by atoms with Crippen molar-refractivity contribution < 1.29 is 4.79 Å². The molecule has 0 bridgehead atoms. The van der Waals surface area contributed by atoms with E-state index in [0.717, 1.165) is 5.69 Å². The van der Waals surface area contributed by atoms with Crippen LogP contribution in [-0.4, -0.2) is 31.8 Å². The number of fused-ring (bicyclic) bond motifs is 1. The molecule has 1 aliphatic rings. The molecule has 1 aliphatic heterocycles. The van der Waals surface area contributed by atoms with Crippen molar-refractivity contribution in [3.8, 4) is 0 Å². The van der Waals surface area contributed by atoms with Gasteiger partial charge < -0.3 is 4.90 Å². The number of hydrogen-bond donors (Lipinski definition) is 0. The minimum atomic E-state index is 0.00639. The molecule has 2 heterocycles. The normalized spacial score (nSPS) is 15.6. The predicted octanol–water partition coefficient (Wildman–Crippen LogP) is 1.22. The van der Waals surface area contributed by atoms with Crippen LogP contribution in [0.5, 0.6) is 0 Å². The first kappa shape index (κ1) is 10.1. The molecule has 15 heavy (non-hydrogen) atoms. The molecule has 0 spiro atoms. The fraction of sp³-hybridized carbons (Fsp3) is 0.700. The summed E-state index contributed by atoms with van der Waals surface area (Å²) in [6.45, 7) is 8.60. The second kappa shape index (κ2) is 3.32. The van der Waals surface area contributed by atoms with E-state index in [9.17, 15) is 4.79 Å². The highest BCUT2D eigenvalue weighted by Gasteiger charge is 2.34. The van der Waals surface area contributed by atoms with Gasteiger partial charge in [0, 0.05) is 6.04 Å². The van der Waals surface area contributed by atoms with Crippen LogP contribution in [0.2, 0.25) is 0 Å². The Hall–Kier alpha value is -1.39. The van der Waals surface area contributed by atoms with Crippen molar-refractivity contribution in [1.82, 2.24) is 19.9 Å². The fourth-order valence-corrected chi connectivity index (χ4v) is 1.64. The van der Waals surface area contributed by atoms with Gasteiger partial charge in [-0.2, -0.15) is 9.90 Å². The number of nitrogens with zero attached hydrogens (tertiary/aromatic N) is 4. The molecule has 0 radical (unpaired) electrons. The molecule has 0 saturated heterocycles. The molecule has 82 valence electrons. The highest BCUT2D eigenvalue weighted by atomic mass is 16.2. The maximum atomic E-state index is 11.9. The van der Waals surface area contributed by atoms with Gasteiger partial charge in [-0.25, -0.2) is 0 Å². The highest BCUT2D eigenvalue weighted by Crippen LogP contribution is 2.21. The summed E-state index contributed by atoms with van der Waals surface area (Å²) in [6, 6.07) is 0.414. The van der Waals surface area contributed by atoms with Gasteiger partial charge in [-0.15, -0.1) is 5.10 Å². The molecule has 2 rings (SSSR count). The van der Waals surface area contributed by atoms with Crippen LogP contribution in [0.1, 0.15) is 49.9 Å². The van der Waals surface area contributed by atoms with Crippen LogP contribution in [0.25, 0.3) is 0 Å². The van der Waals surface area contributed by atoms with Crippen LogP contribution in [-0.2, 0) is 6.54 Å². The van der Waals surface area contributed by atoms with Gasteiger partial charge in [0.25, 0.3) is 5.91 Å². The Balaban J connectivity index is 2.30. The predicted molar refractivity (Wildman–Crippen MR) is 55.4 cm³/mol. The first-order valence-corrected chi connectivity index (χ1v) is 5.27. The van der Waals surface area contributed by atoms with Crippen LogP contribution in [0.3, 0.4) is 0 Å². The lowest BCUT2D eigenvalue weighted by molar-refractivity contribution is 0.0720. The van der Waals surface area contributed by atoms with Crippen LogP contribution in [0.4, 0.5) is 0 Å². The zero-order valence-electron chi connectivity index (χ0n) is 9.56. The number of hydrogen-bond acceptors (Lipinski definition) is 3. The molecule has 0 N–H and O–H groups in total. The average molecular weight is 208 g/mol. The smallest absolute Gasteiger partial charge is 0.276 e. The molecule has 1 aromatic heterocycles. The van der Waals surface area contributed by atoms with Crippen molar-refractivity contribution in [3.05, 3.63) is 11.4 Å². The van der Waals surface area contributed by atoms with E-state index in [1.54, 1.807) is 9.70 Å². The SMILES string of the molecule is CC(C)N1Cc2nn(C(C)C)nc2C1=O. The van der Waals surface area contributed by atoms with Crippen LogP contribution in [0, 0.1) is 0 Å². The quantitative estimate of drug-likeness (QED) is 0.734. The minimum Gasteiger partial charge on any atom is -0.329 e. The van der Waals surface area contributed by atoms with Crippen molar-refractivity contribution >= 4 is 5.91 Å². The number of aromatic nitrogens is 3. The van der Waals surface area contributed by atoms with Crippen LogP contribution >= 0.6 is 0 Å². The van der Waals surface area contributed by atoms with E-state index < -0.39 is 0 Å². The standard InChI is InChI=1S/C10H16N4O/c1-6(2)13-5-8-9(10(13)15)12-14(11-8)7(3)4/h6-7H,5H2,1-4H3. The number of amides is 1. The maximum Gasteiger partial charge on any atom is 0.276 e. The molecule has 0 fully saturated rings. The monoisotopic (exact) mass is 208 g/mol. The molecule has 5 nitrogen and oxygen atoms in total. The Labute approximate surface area is 89.1 Å². The van der Waals surface area contributed by atoms with Crippen molar-refractivity contribution in [2.24, 2.45) is 0 Å². The molecular formula is C10H16N4O. The van der Waals surface area contributed by atoms with Crippen LogP contribution < -0.4 is 0 Å². The van der Waals surface area contributed by atoms with Gasteiger partial charge >= 0.3 is 0 Å². The maximum absolute atomic E-state index is 11.9. The Bertz CT molecular complexity index is 394. The summed E-state index contributed by atoms with van der Waals surface area (Å²) in [5.41, 5.74) is 1.33. The molecule has 1 aromatic rings. The van der Waals surface area contributed by atoms with Gasteiger partial charge in [0.15, 0.2) is 5.69 Å². The van der Waals surface area contributed by atoms with Gasteiger partial charge in [-0.1, -0.05) is 0 Å². The van der Waals surface area contributed by atoms with Gasteiger partial charge in [-0.3, -0.25) is 4.79 Å². The van der Waals surface area contributed by atoms with E-state index >= 15 is 0 Å². The van der Waals surface area contributed by atoms with E-state index in [2.05, 4.69) is 10.2 Å². The largest absolute Gasteiger partial charge is 0.329 e. The van der Waals surface area contributed by atoms with Crippen molar-refractivity contribution in [3.63, 3.8) is 0 Å². The molecule has 1 amide bonds. The Morgan fingerprint density at radius 3 is 2.27 bits per heavy atom. The molecule has 0 atom stereocenters. The third kappa shape index (κ3) is 1.52. The van der Waals surface area contributed by atoms with E-state index in [0.29, 0.717) is 12.2 Å². The number of carbonyl (C=O) groups excluding carboxylic acids is 1. The molecule has 0 aliphatic carbocycles. The number of carbonyl (C=O) groups is 1. The first-order valence-electron chi connectivity index (χ1n) is 5.27. The highest BCUT2D eigenvalue weighted by molar-refractivity contribution is 5.95. The lowest BCUT2D eigenvalue weighted by Crippen LogP contribution is -2.32. The summed E-state index contributed by atoms with van der Waals surface area (Å²) in [7, 11) is 0. The van der Waals surface area contributed by atoms with E-state index in [4.69, 9.17) is 0 Å². The van der Waals surface area contributed by atoms with Crippen LogP contribution in [0.15, 0.2) is 0 Å². The Kier molecular flexibility index (Phi) is 2.25. The summed E-state index contributed by atoms with van der Waals surface area (Å²) in [5, 5.41) is 8.53. The average Bonchev–Trinajstić information content (AvgIpc) is 2.65. The van der Waals surface area contributed by atoms with E-state index in [1.165, 1.54) is 0 Å². The molecular weight excluding hydrogens is 192 g/mol. The lowest BCUT2D eigenvalue weighted by Gasteiger charge is -2.19. The molecule has 0 unspecified atom stereocenters. The number of rotatable bonds is 2. The summed E-state index contributed by atoms with van der Waals surface area (Å²) >= 11 is 0. The second-order valence-electron chi connectivity index (χ2n) is 4.44.